The van der Waals surface area contributed by atoms with Crippen LogP contribution in [0.5, 0.6) is 0 Å². The van der Waals surface area contributed by atoms with E-state index in [4.69, 9.17) is 5.73 Å². The van der Waals surface area contributed by atoms with Crippen molar-refractivity contribution >= 4 is 17.5 Å². The molecule has 2 aliphatic carbocycles. The van der Waals surface area contributed by atoms with E-state index in [0.29, 0.717) is 12.8 Å². The van der Waals surface area contributed by atoms with Crippen molar-refractivity contribution in [3.8, 4) is 0 Å². The van der Waals surface area contributed by atoms with Gasteiger partial charge >= 0.3 is 0 Å². The number of carbonyl (C=O) groups excluding carboxylic acids is 2. The number of amides is 2. The molecule has 1 saturated carbocycles. The fraction of sp³-hybridized carbons (Fsp3) is 0.474. The molecule has 0 radical (unpaired) electrons. The fourth-order valence-corrected chi connectivity index (χ4v) is 3.78. The average molecular weight is 327 g/mol. The minimum atomic E-state index is -0.593. The Balaban J connectivity index is 1.75. The summed E-state index contributed by atoms with van der Waals surface area (Å²) in [5.41, 5.74) is 5.86. The van der Waals surface area contributed by atoms with Crippen LogP contribution in [0.4, 0.5) is 5.69 Å². The molecule has 5 nitrogen and oxygen atoms in total. The molecule has 1 fully saturated rings. The van der Waals surface area contributed by atoms with Crippen molar-refractivity contribution in [2.45, 2.75) is 50.1 Å². The second kappa shape index (κ2) is 7.07. The molecule has 2 atom stereocenters. The topological polar surface area (TPSA) is 84.2 Å². The molecule has 1 aromatic carbocycles. The van der Waals surface area contributed by atoms with Crippen molar-refractivity contribution in [3.63, 3.8) is 0 Å². The molecule has 0 spiro atoms. The first-order chi connectivity index (χ1) is 11.6. The summed E-state index contributed by atoms with van der Waals surface area (Å²) < 4.78 is 0. The summed E-state index contributed by atoms with van der Waals surface area (Å²) in [6, 6.07) is 9.61. The standard InChI is InChI=1S/C19H25N3O2/c20-17(23)15-10-4-5-11-16(15)21-18(24)19(12-6-7-13-19)22-14-8-2-1-3-9-14/h1-5,8-9,15-16,22H,6-7,10-13H2,(H2,20,23)(H,21,24). The van der Waals surface area contributed by atoms with E-state index in [-0.39, 0.29) is 23.8 Å². The number of nitrogens with one attached hydrogen (secondary N) is 2. The van der Waals surface area contributed by atoms with E-state index in [1.165, 1.54) is 0 Å². The van der Waals surface area contributed by atoms with Crippen molar-refractivity contribution in [2.24, 2.45) is 11.7 Å². The highest BCUT2D eigenvalue weighted by atomic mass is 16.2. The Morgan fingerprint density at radius 3 is 2.38 bits per heavy atom. The molecule has 24 heavy (non-hydrogen) atoms. The quantitative estimate of drug-likeness (QED) is 0.726. The van der Waals surface area contributed by atoms with Crippen LogP contribution in [0.25, 0.3) is 0 Å². The molecule has 1 aromatic rings. The molecule has 2 amide bonds. The lowest BCUT2D eigenvalue weighted by Gasteiger charge is -2.34. The number of rotatable bonds is 5. The van der Waals surface area contributed by atoms with Gasteiger partial charge < -0.3 is 16.4 Å². The van der Waals surface area contributed by atoms with E-state index >= 15 is 0 Å². The highest BCUT2D eigenvalue weighted by Crippen LogP contribution is 2.34. The van der Waals surface area contributed by atoms with Gasteiger partial charge in [-0.1, -0.05) is 43.2 Å². The predicted molar refractivity (Wildman–Crippen MR) is 94.3 cm³/mol. The Labute approximate surface area is 142 Å². The highest BCUT2D eigenvalue weighted by molar-refractivity contribution is 5.90. The highest BCUT2D eigenvalue weighted by Gasteiger charge is 2.43. The van der Waals surface area contributed by atoms with E-state index < -0.39 is 5.54 Å². The van der Waals surface area contributed by atoms with Crippen molar-refractivity contribution in [2.75, 3.05) is 5.32 Å². The first kappa shape index (κ1) is 16.6. The van der Waals surface area contributed by atoms with Gasteiger partial charge in [-0.25, -0.2) is 0 Å². The molecule has 3 rings (SSSR count). The molecule has 5 heteroatoms. The maximum Gasteiger partial charge on any atom is 0.245 e. The van der Waals surface area contributed by atoms with Crippen LogP contribution in [0.1, 0.15) is 38.5 Å². The average Bonchev–Trinajstić information content (AvgIpc) is 3.06. The zero-order chi connectivity index (χ0) is 17.0. The Bertz CT molecular complexity index is 621. The lowest BCUT2D eigenvalue weighted by molar-refractivity contribution is -0.128. The Hall–Kier alpha value is -2.30. The van der Waals surface area contributed by atoms with Crippen LogP contribution < -0.4 is 16.4 Å². The molecule has 2 aliphatic rings. The van der Waals surface area contributed by atoms with Crippen molar-refractivity contribution in [1.82, 2.24) is 5.32 Å². The van der Waals surface area contributed by atoms with Crippen LogP contribution in [0.2, 0.25) is 0 Å². The minimum absolute atomic E-state index is 0.0181. The number of carbonyl (C=O) groups is 2. The molecule has 128 valence electrons. The van der Waals surface area contributed by atoms with Crippen LogP contribution in [0.3, 0.4) is 0 Å². The number of allylic oxidation sites excluding steroid dienone is 1. The van der Waals surface area contributed by atoms with Gasteiger partial charge in [0, 0.05) is 11.7 Å². The van der Waals surface area contributed by atoms with E-state index in [0.717, 1.165) is 31.4 Å². The van der Waals surface area contributed by atoms with E-state index in [1.54, 1.807) is 0 Å². The smallest absolute Gasteiger partial charge is 0.245 e. The first-order valence-corrected chi connectivity index (χ1v) is 8.69. The third kappa shape index (κ3) is 3.45. The number of nitrogens with two attached hydrogens (primary N) is 1. The van der Waals surface area contributed by atoms with Gasteiger partial charge in [0.15, 0.2) is 0 Å². The summed E-state index contributed by atoms with van der Waals surface area (Å²) >= 11 is 0. The third-order valence-corrected chi connectivity index (χ3v) is 5.16. The Morgan fingerprint density at radius 1 is 1.04 bits per heavy atom. The van der Waals surface area contributed by atoms with Gasteiger partial charge in [0.25, 0.3) is 0 Å². The molecule has 2 unspecified atom stereocenters. The molecule has 0 bridgehead atoms. The fourth-order valence-electron chi connectivity index (χ4n) is 3.78. The third-order valence-electron chi connectivity index (χ3n) is 5.16. The predicted octanol–water partition coefficient (Wildman–Crippen LogP) is 2.35. The van der Waals surface area contributed by atoms with Crippen LogP contribution in [-0.2, 0) is 9.59 Å². The molecule has 0 saturated heterocycles. The molecule has 0 aliphatic heterocycles. The monoisotopic (exact) mass is 327 g/mol. The summed E-state index contributed by atoms with van der Waals surface area (Å²) in [6.07, 6.45) is 8.88. The first-order valence-electron chi connectivity index (χ1n) is 8.69. The van der Waals surface area contributed by atoms with Gasteiger partial charge in [-0.15, -0.1) is 0 Å². The van der Waals surface area contributed by atoms with Gasteiger partial charge in [-0.2, -0.15) is 0 Å². The van der Waals surface area contributed by atoms with Crippen molar-refractivity contribution < 1.29 is 9.59 Å². The van der Waals surface area contributed by atoms with Crippen LogP contribution >= 0.6 is 0 Å². The summed E-state index contributed by atoms with van der Waals surface area (Å²) in [5.74, 6) is -0.689. The van der Waals surface area contributed by atoms with E-state index in [2.05, 4.69) is 10.6 Å². The summed E-state index contributed by atoms with van der Waals surface area (Å²) in [7, 11) is 0. The molecule has 0 heterocycles. The molecular formula is C19H25N3O2. The number of para-hydroxylation sites is 1. The van der Waals surface area contributed by atoms with Crippen molar-refractivity contribution in [3.05, 3.63) is 42.5 Å². The Morgan fingerprint density at radius 2 is 1.71 bits per heavy atom. The van der Waals surface area contributed by atoms with Crippen LogP contribution in [-0.4, -0.2) is 23.4 Å². The van der Waals surface area contributed by atoms with Gasteiger partial charge in [0.1, 0.15) is 5.54 Å². The van der Waals surface area contributed by atoms with Crippen molar-refractivity contribution in [1.29, 1.82) is 0 Å². The summed E-state index contributed by atoms with van der Waals surface area (Å²) in [4.78, 5) is 24.7. The number of primary amides is 1. The van der Waals surface area contributed by atoms with Gasteiger partial charge in [0.05, 0.1) is 5.92 Å². The van der Waals surface area contributed by atoms with Gasteiger partial charge in [0.2, 0.25) is 11.8 Å². The Kier molecular flexibility index (Phi) is 4.88. The lowest BCUT2D eigenvalue weighted by Crippen LogP contribution is -2.56. The number of hydrogen-bond acceptors (Lipinski definition) is 3. The van der Waals surface area contributed by atoms with Crippen LogP contribution in [0.15, 0.2) is 42.5 Å². The molecular weight excluding hydrogens is 302 g/mol. The molecule has 0 aromatic heterocycles. The lowest BCUT2D eigenvalue weighted by atomic mass is 9.87. The second-order valence-corrected chi connectivity index (χ2v) is 6.81. The van der Waals surface area contributed by atoms with Gasteiger partial charge in [-0.05, 0) is 37.8 Å². The number of benzene rings is 1. The maximum atomic E-state index is 13.1. The maximum absolute atomic E-state index is 13.1. The van der Waals surface area contributed by atoms with Gasteiger partial charge in [-0.3, -0.25) is 9.59 Å². The SMILES string of the molecule is NC(=O)C1CC=CCC1NC(=O)C1(Nc2ccccc2)CCCC1. The number of hydrogen-bond donors (Lipinski definition) is 3. The second-order valence-electron chi connectivity index (χ2n) is 6.81. The van der Waals surface area contributed by atoms with E-state index in [9.17, 15) is 9.59 Å². The number of anilines is 1. The zero-order valence-corrected chi connectivity index (χ0v) is 13.8. The van der Waals surface area contributed by atoms with Crippen LogP contribution in [0, 0.1) is 5.92 Å². The molecule has 4 N–H and O–H groups in total. The summed E-state index contributed by atoms with van der Waals surface area (Å²) in [5, 5.41) is 6.54. The van der Waals surface area contributed by atoms with E-state index in [1.807, 2.05) is 42.5 Å². The normalized spacial score (nSPS) is 25.2. The minimum Gasteiger partial charge on any atom is -0.371 e. The zero-order valence-electron chi connectivity index (χ0n) is 13.8. The summed E-state index contributed by atoms with van der Waals surface area (Å²) in [6.45, 7) is 0. The largest absolute Gasteiger partial charge is 0.371 e.